The molecule has 1 aliphatic heterocycles. The minimum absolute atomic E-state index is 0.0320. The van der Waals surface area contributed by atoms with E-state index in [0.717, 1.165) is 42.6 Å². The second kappa shape index (κ2) is 6.98. The van der Waals surface area contributed by atoms with Crippen LogP contribution in [0.4, 0.5) is 4.39 Å². The molecule has 1 amide bonds. The van der Waals surface area contributed by atoms with Crippen molar-refractivity contribution in [1.29, 1.82) is 0 Å². The summed E-state index contributed by atoms with van der Waals surface area (Å²) in [5, 5.41) is 3.05. The molecule has 4 nitrogen and oxygen atoms in total. The Morgan fingerprint density at radius 1 is 1.04 bits per heavy atom. The molecule has 2 aliphatic rings. The Morgan fingerprint density at radius 2 is 1.81 bits per heavy atom. The topological polar surface area (TPSA) is 47.6 Å². The van der Waals surface area contributed by atoms with Crippen molar-refractivity contribution in [2.75, 3.05) is 13.2 Å². The fourth-order valence-electron chi connectivity index (χ4n) is 3.96. The highest BCUT2D eigenvalue weighted by Gasteiger charge is 2.42. The van der Waals surface area contributed by atoms with Crippen molar-refractivity contribution in [3.8, 4) is 11.5 Å². The third kappa shape index (κ3) is 3.14. The first-order valence-electron chi connectivity index (χ1n) is 9.10. The number of ether oxygens (including phenoxy) is 2. The summed E-state index contributed by atoms with van der Waals surface area (Å²) in [4.78, 5) is 13.1. The zero-order valence-electron chi connectivity index (χ0n) is 14.6. The monoisotopic (exact) mass is 355 g/mol. The number of hydrogen-bond donors (Lipinski definition) is 1. The van der Waals surface area contributed by atoms with Crippen LogP contribution >= 0.6 is 0 Å². The number of fused-ring (bicyclic) bond motifs is 1. The molecule has 5 heteroatoms. The van der Waals surface area contributed by atoms with Gasteiger partial charge in [-0.25, -0.2) is 4.39 Å². The Bertz CT molecular complexity index is 815. The summed E-state index contributed by atoms with van der Waals surface area (Å²) in [7, 11) is 0. The van der Waals surface area contributed by atoms with Gasteiger partial charge >= 0.3 is 0 Å². The number of carbonyl (C=O) groups is 1. The highest BCUT2D eigenvalue weighted by molar-refractivity contribution is 5.88. The van der Waals surface area contributed by atoms with E-state index in [1.165, 1.54) is 12.1 Å². The van der Waals surface area contributed by atoms with E-state index in [-0.39, 0.29) is 11.7 Å². The van der Waals surface area contributed by atoms with Gasteiger partial charge in [-0.15, -0.1) is 0 Å². The summed E-state index contributed by atoms with van der Waals surface area (Å²) >= 11 is 0. The van der Waals surface area contributed by atoms with Gasteiger partial charge in [0.25, 0.3) is 0 Å². The highest BCUT2D eigenvalue weighted by Crippen LogP contribution is 2.41. The molecule has 1 saturated carbocycles. The number of carbonyl (C=O) groups excluding carboxylic acids is 1. The Hall–Kier alpha value is -2.56. The SMILES string of the molecule is O=C(NCc1ccc2c(c1)OCCO2)C1(c2cccc(F)c2)CCCC1. The Balaban J connectivity index is 1.51. The molecule has 1 aliphatic carbocycles. The zero-order chi connectivity index (χ0) is 18.0. The van der Waals surface area contributed by atoms with E-state index >= 15 is 0 Å². The van der Waals surface area contributed by atoms with Crippen LogP contribution < -0.4 is 14.8 Å². The highest BCUT2D eigenvalue weighted by atomic mass is 19.1. The largest absolute Gasteiger partial charge is 0.486 e. The number of rotatable bonds is 4. The summed E-state index contributed by atoms with van der Waals surface area (Å²) in [5.74, 6) is 1.12. The van der Waals surface area contributed by atoms with Crippen molar-refractivity contribution in [3.63, 3.8) is 0 Å². The van der Waals surface area contributed by atoms with Crippen LogP contribution in [0.2, 0.25) is 0 Å². The minimum Gasteiger partial charge on any atom is -0.486 e. The zero-order valence-corrected chi connectivity index (χ0v) is 14.6. The lowest BCUT2D eigenvalue weighted by Gasteiger charge is -2.28. The number of halogens is 1. The van der Waals surface area contributed by atoms with Crippen LogP contribution in [0.5, 0.6) is 11.5 Å². The van der Waals surface area contributed by atoms with E-state index < -0.39 is 5.41 Å². The van der Waals surface area contributed by atoms with Crippen LogP contribution in [-0.4, -0.2) is 19.1 Å². The van der Waals surface area contributed by atoms with E-state index in [0.29, 0.717) is 25.5 Å². The smallest absolute Gasteiger partial charge is 0.230 e. The predicted octanol–water partition coefficient (Wildman–Crippen LogP) is 3.73. The van der Waals surface area contributed by atoms with Gasteiger partial charge in [0.1, 0.15) is 19.0 Å². The van der Waals surface area contributed by atoms with Crippen LogP contribution in [0.1, 0.15) is 36.8 Å². The van der Waals surface area contributed by atoms with Gasteiger partial charge in [0.05, 0.1) is 5.41 Å². The molecule has 2 aromatic carbocycles. The molecular weight excluding hydrogens is 333 g/mol. The van der Waals surface area contributed by atoms with E-state index in [1.54, 1.807) is 6.07 Å². The second-order valence-corrected chi connectivity index (χ2v) is 6.96. The Kier molecular flexibility index (Phi) is 4.53. The summed E-state index contributed by atoms with van der Waals surface area (Å²) < 4.78 is 24.8. The summed E-state index contributed by atoms with van der Waals surface area (Å²) in [6.45, 7) is 1.50. The van der Waals surface area contributed by atoms with Gasteiger partial charge in [-0.1, -0.05) is 31.0 Å². The molecule has 0 saturated heterocycles. The van der Waals surface area contributed by atoms with Gasteiger partial charge in [-0.3, -0.25) is 4.79 Å². The minimum atomic E-state index is -0.629. The number of benzene rings is 2. The molecule has 26 heavy (non-hydrogen) atoms. The van der Waals surface area contributed by atoms with Crippen LogP contribution in [0.3, 0.4) is 0 Å². The van der Waals surface area contributed by atoms with E-state index in [4.69, 9.17) is 9.47 Å². The lowest BCUT2D eigenvalue weighted by Crippen LogP contribution is -2.42. The third-order valence-corrected chi connectivity index (χ3v) is 5.33. The average molecular weight is 355 g/mol. The predicted molar refractivity (Wildman–Crippen MR) is 95.8 cm³/mol. The standard InChI is InChI=1S/C21H22FNO3/c22-17-5-3-4-16(13-17)21(8-1-2-9-21)20(24)23-14-15-6-7-18-19(12-15)26-11-10-25-18/h3-7,12-13H,1-2,8-11,14H2,(H,23,24). The first-order valence-corrected chi connectivity index (χ1v) is 9.10. The summed E-state index contributed by atoms with van der Waals surface area (Å²) in [6.07, 6.45) is 3.47. The van der Waals surface area contributed by atoms with E-state index in [1.807, 2.05) is 24.3 Å². The molecule has 2 aromatic rings. The molecular formula is C21H22FNO3. The molecule has 0 aromatic heterocycles. The maximum absolute atomic E-state index is 13.7. The second-order valence-electron chi connectivity index (χ2n) is 6.96. The molecule has 1 fully saturated rings. The quantitative estimate of drug-likeness (QED) is 0.909. The van der Waals surface area contributed by atoms with Gasteiger partial charge in [0, 0.05) is 6.54 Å². The van der Waals surface area contributed by atoms with Gasteiger partial charge in [-0.05, 0) is 48.2 Å². The lowest BCUT2D eigenvalue weighted by atomic mass is 9.78. The van der Waals surface area contributed by atoms with Crippen LogP contribution in [0.25, 0.3) is 0 Å². The van der Waals surface area contributed by atoms with Crippen LogP contribution in [0, 0.1) is 5.82 Å². The fraction of sp³-hybridized carbons (Fsp3) is 0.381. The van der Waals surface area contributed by atoms with Crippen molar-refractivity contribution in [1.82, 2.24) is 5.32 Å². The molecule has 0 bridgehead atoms. The van der Waals surface area contributed by atoms with Crippen molar-refractivity contribution in [2.45, 2.75) is 37.6 Å². The Labute approximate surface area is 152 Å². The van der Waals surface area contributed by atoms with E-state index in [2.05, 4.69) is 5.32 Å². The third-order valence-electron chi connectivity index (χ3n) is 5.33. The molecule has 0 radical (unpaired) electrons. The average Bonchev–Trinajstić information content (AvgIpc) is 3.17. The first-order chi connectivity index (χ1) is 12.7. The van der Waals surface area contributed by atoms with Crippen molar-refractivity contribution in [3.05, 3.63) is 59.4 Å². The normalized spacial score (nSPS) is 17.7. The number of nitrogens with one attached hydrogen (secondary N) is 1. The summed E-state index contributed by atoms with van der Waals surface area (Å²) in [6, 6.07) is 12.1. The van der Waals surface area contributed by atoms with Crippen molar-refractivity contribution < 1.29 is 18.7 Å². The fourth-order valence-corrected chi connectivity index (χ4v) is 3.96. The van der Waals surface area contributed by atoms with Gasteiger partial charge in [-0.2, -0.15) is 0 Å². The van der Waals surface area contributed by atoms with Crippen molar-refractivity contribution >= 4 is 5.91 Å². The molecule has 4 rings (SSSR count). The number of hydrogen-bond acceptors (Lipinski definition) is 3. The molecule has 1 N–H and O–H groups in total. The molecule has 136 valence electrons. The summed E-state index contributed by atoms with van der Waals surface area (Å²) in [5.41, 5.74) is 1.10. The molecule has 0 atom stereocenters. The Morgan fingerprint density at radius 3 is 2.58 bits per heavy atom. The maximum atomic E-state index is 13.7. The lowest BCUT2D eigenvalue weighted by molar-refractivity contribution is -0.126. The molecule has 0 spiro atoms. The van der Waals surface area contributed by atoms with E-state index in [9.17, 15) is 9.18 Å². The van der Waals surface area contributed by atoms with Crippen LogP contribution in [-0.2, 0) is 16.8 Å². The first kappa shape index (κ1) is 16.9. The maximum Gasteiger partial charge on any atom is 0.230 e. The van der Waals surface area contributed by atoms with Crippen molar-refractivity contribution in [2.24, 2.45) is 0 Å². The molecule has 1 heterocycles. The van der Waals surface area contributed by atoms with Gasteiger partial charge in [0.2, 0.25) is 5.91 Å². The van der Waals surface area contributed by atoms with Gasteiger partial charge in [0.15, 0.2) is 11.5 Å². The van der Waals surface area contributed by atoms with Gasteiger partial charge < -0.3 is 14.8 Å². The number of amides is 1. The molecule has 0 unspecified atom stereocenters. The van der Waals surface area contributed by atoms with Crippen LogP contribution in [0.15, 0.2) is 42.5 Å².